The van der Waals surface area contributed by atoms with Gasteiger partial charge in [0.15, 0.2) is 5.82 Å². The molecule has 0 fully saturated rings. The number of rotatable bonds is 6. The zero-order valence-corrected chi connectivity index (χ0v) is 33.8. The summed E-state index contributed by atoms with van der Waals surface area (Å²) in [4.78, 5) is 15.9. The normalized spacial score (nSPS) is 11.7. The van der Waals surface area contributed by atoms with E-state index in [0.29, 0.717) is 5.82 Å². The predicted octanol–water partition coefficient (Wildman–Crippen LogP) is 15.8. The average molecular weight is 800 g/mol. The molecular weight excluding hydrogens is 767 g/mol. The average Bonchev–Trinajstić information content (AvgIpc) is 3.91. The quantitative estimate of drug-likeness (QED) is 0.168. The van der Waals surface area contributed by atoms with E-state index in [2.05, 4.69) is 194 Å². The van der Waals surface area contributed by atoms with E-state index >= 15 is 0 Å². The van der Waals surface area contributed by atoms with Gasteiger partial charge in [0, 0.05) is 63.3 Å². The second-order valence-corrected chi connectivity index (χ2v) is 17.2. The van der Waals surface area contributed by atoms with Crippen molar-refractivity contribution in [3.05, 3.63) is 200 Å². The summed E-state index contributed by atoms with van der Waals surface area (Å²) < 4.78 is 5.06. The van der Waals surface area contributed by atoms with Gasteiger partial charge in [0.05, 0.1) is 27.3 Å². The van der Waals surface area contributed by atoms with Crippen molar-refractivity contribution in [2.24, 2.45) is 0 Å². The molecule has 0 N–H and O–H groups in total. The fourth-order valence-electron chi connectivity index (χ4n) is 8.57. The Morgan fingerprint density at radius 2 is 0.900 bits per heavy atom. The van der Waals surface area contributed by atoms with Gasteiger partial charge in [0.2, 0.25) is 0 Å². The van der Waals surface area contributed by atoms with Crippen molar-refractivity contribution in [2.75, 3.05) is 0 Å². The zero-order chi connectivity index (χ0) is 39.6. The molecule has 0 aliphatic heterocycles. The summed E-state index contributed by atoms with van der Waals surface area (Å²) in [6, 6.07) is 71.2. The third kappa shape index (κ3) is 5.90. The summed E-state index contributed by atoms with van der Waals surface area (Å²) in [5, 5.41) is 6.29. The molecule has 0 radical (unpaired) electrons. The summed E-state index contributed by atoms with van der Waals surface area (Å²) in [6.07, 6.45) is 0. The highest BCUT2D eigenvalue weighted by Crippen LogP contribution is 2.44. The lowest BCUT2D eigenvalue weighted by Gasteiger charge is -2.12. The molecule has 0 bridgehead atoms. The van der Waals surface area contributed by atoms with Gasteiger partial charge in [-0.05, 0) is 52.6 Å². The Morgan fingerprint density at radius 3 is 1.70 bits per heavy atom. The molecule has 12 rings (SSSR count). The molecule has 0 saturated carbocycles. The van der Waals surface area contributed by atoms with Crippen LogP contribution >= 0.6 is 22.7 Å². The maximum absolute atomic E-state index is 5.41. The fraction of sp³-hybridized carbons (Fsp3) is 0. The maximum Gasteiger partial charge on any atom is 0.160 e. The molecule has 0 aliphatic rings. The Labute approximate surface area is 354 Å². The van der Waals surface area contributed by atoms with Gasteiger partial charge in [-0.2, -0.15) is 0 Å². The smallest absolute Gasteiger partial charge is 0.160 e. The van der Waals surface area contributed by atoms with Crippen LogP contribution in [-0.4, -0.2) is 15.0 Å². The maximum atomic E-state index is 5.41. The Kier molecular flexibility index (Phi) is 8.22. The SMILES string of the molecule is c1ccc(-c2ccc3c(c2)nc(-c2ccc(-c4nc(-c5ccccc5)cc(-c5cccc(-c6cccc7c6sc6ccccc67)c5)n4)cc2)c2sc4ccccc4c23)cc1. The lowest BCUT2D eigenvalue weighted by atomic mass is 9.98. The number of pyridine rings is 1. The number of aromatic nitrogens is 3. The van der Waals surface area contributed by atoms with Gasteiger partial charge >= 0.3 is 0 Å². The molecule has 0 saturated heterocycles. The van der Waals surface area contributed by atoms with Crippen LogP contribution in [0, 0.1) is 0 Å². The van der Waals surface area contributed by atoms with E-state index in [-0.39, 0.29) is 0 Å². The van der Waals surface area contributed by atoms with Gasteiger partial charge < -0.3 is 0 Å². The van der Waals surface area contributed by atoms with Crippen LogP contribution < -0.4 is 0 Å². The Hall–Kier alpha value is -7.31. The van der Waals surface area contributed by atoms with Gasteiger partial charge in [-0.25, -0.2) is 15.0 Å². The van der Waals surface area contributed by atoms with Crippen LogP contribution in [0.25, 0.3) is 119 Å². The fourth-order valence-corrected chi connectivity index (χ4v) is 11.0. The van der Waals surface area contributed by atoms with E-state index in [4.69, 9.17) is 15.0 Å². The van der Waals surface area contributed by atoms with Crippen molar-refractivity contribution in [2.45, 2.75) is 0 Å². The number of hydrogen-bond donors (Lipinski definition) is 0. The van der Waals surface area contributed by atoms with Crippen LogP contribution in [0.5, 0.6) is 0 Å². The molecule has 8 aromatic carbocycles. The molecule has 4 aromatic heterocycles. The van der Waals surface area contributed by atoms with Crippen LogP contribution in [0.15, 0.2) is 200 Å². The van der Waals surface area contributed by atoms with E-state index in [1.807, 2.05) is 28.7 Å². The molecule has 0 unspecified atom stereocenters. The van der Waals surface area contributed by atoms with Gasteiger partial charge in [-0.1, -0.05) is 170 Å². The number of hydrogen-bond acceptors (Lipinski definition) is 5. The van der Waals surface area contributed by atoms with Crippen LogP contribution in [-0.2, 0) is 0 Å². The first-order valence-electron chi connectivity index (χ1n) is 20.1. The summed E-state index contributed by atoms with van der Waals surface area (Å²) in [6.45, 7) is 0. The van der Waals surface area contributed by atoms with Crippen LogP contribution in [0.2, 0.25) is 0 Å². The highest BCUT2D eigenvalue weighted by atomic mass is 32.1. The highest BCUT2D eigenvalue weighted by Gasteiger charge is 2.18. The molecule has 60 heavy (non-hydrogen) atoms. The molecule has 0 spiro atoms. The topological polar surface area (TPSA) is 38.7 Å². The van der Waals surface area contributed by atoms with Gasteiger partial charge in [0.25, 0.3) is 0 Å². The minimum Gasteiger partial charge on any atom is -0.246 e. The summed E-state index contributed by atoms with van der Waals surface area (Å²) in [5.41, 5.74) is 12.6. The molecule has 0 amide bonds. The number of benzene rings is 8. The standard InChI is InChI=1S/C55H33N3S2/c1-3-13-34(14-4-1)38-29-30-44-48(32-38)56-52(54-51(44)45-20-8-10-24-50(45)60-54)36-25-27-37(28-26-36)55-57-46(35-15-5-2-6-16-35)33-47(58-55)40-18-11-17-39(31-40)41-21-12-22-43-42-19-7-9-23-49(42)59-53(41)43/h1-33H. The van der Waals surface area contributed by atoms with Crippen molar-refractivity contribution < 1.29 is 0 Å². The van der Waals surface area contributed by atoms with Gasteiger partial charge in [-0.3, -0.25) is 0 Å². The molecule has 280 valence electrons. The first kappa shape index (κ1) is 34.7. The van der Waals surface area contributed by atoms with Crippen molar-refractivity contribution in [3.8, 4) is 67.4 Å². The summed E-state index contributed by atoms with van der Waals surface area (Å²) >= 11 is 3.67. The molecule has 4 heterocycles. The zero-order valence-electron chi connectivity index (χ0n) is 32.2. The minimum atomic E-state index is 0.681. The van der Waals surface area contributed by atoms with E-state index in [1.54, 1.807) is 0 Å². The Morgan fingerprint density at radius 1 is 0.317 bits per heavy atom. The second-order valence-electron chi connectivity index (χ2n) is 15.1. The van der Waals surface area contributed by atoms with Crippen molar-refractivity contribution in [1.82, 2.24) is 15.0 Å². The van der Waals surface area contributed by atoms with Crippen molar-refractivity contribution in [1.29, 1.82) is 0 Å². The lowest BCUT2D eigenvalue weighted by Crippen LogP contribution is -1.96. The second kappa shape index (κ2) is 14.2. The summed E-state index contributed by atoms with van der Waals surface area (Å²) in [7, 11) is 0. The molecule has 0 atom stereocenters. The highest BCUT2D eigenvalue weighted by molar-refractivity contribution is 7.26. The monoisotopic (exact) mass is 799 g/mol. The predicted molar refractivity (Wildman–Crippen MR) is 256 cm³/mol. The van der Waals surface area contributed by atoms with Gasteiger partial charge in [-0.15, -0.1) is 22.7 Å². The number of nitrogens with zero attached hydrogens (tertiary/aromatic N) is 3. The molecular formula is C55H33N3S2. The van der Waals surface area contributed by atoms with Crippen LogP contribution in [0.4, 0.5) is 0 Å². The third-order valence-corrected chi connectivity index (χ3v) is 13.9. The van der Waals surface area contributed by atoms with Crippen molar-refractivity contribution >= 4 is 73.9 Å². The number of thiophene rings is 2. The largest absolute Gasteiger partial charge is 0.246 e. The van der Waals surface area contributed by atoms with Crippen LogP contribution in [0.1, 0.15) is 0 Å². The van der Waals surface area contributed by atoms with Crippen LogP contribution in [0.3, 0.4) is 0 Å². The Bertz CT molecular complexity index is 3590. The minimum absolute atomic E-state index is 0.681. The third-order valence-electron chi connectivity index (χ3n) is 11.5. The molecule has 12 aromatic rings. The first-order valence-corrected chi connectivity index (χ1v) is 21.7. The van der Waals surface area contributed by atoms with E-state index in [0.717, 1.165) is 50.4 Å². The Balaban J connectivity index is 0.980. The summed E-state index contributed by atoms with van der Waals surface area (Å²) in [5.74, 6) is 0.681. The first-order chi connectivity index (χ1) is 29.7. The van der Waals surface area contributed by atoms with E-state index in [9.17, 15) is 0 Å². The molecule has 5 heteroatoms. The van der Waals surface area contributed by atoms with Crippen molar-refractivity contribution in [3.63, 3.8) is 0 Å². The van der Waals surface area contributed by atoms with E-state index < -0.39 is 0 Å². The number of fused-ring (bicyclic) bond motifs is 8. The van der Waals surface area contributed by atoms with E-state index in [1.165, 1.54) is 62.4 Å². The van der Waals surface area contributed by atoms with Gasteiger partial charge in [0.1, 0.15) is 0 Å². The molecule has 0 aliphatic carbocycles. The lowest BCUT2D eigenvalue weighted by molar-refractivity contribution is 1.18. The molecule has 3 nitrogen and oxygen atoms in total.